The number of rotatable bonds is 3. The summed E-state index contributed by atoms with van der Waals surface area (Å²) < 4.78 is 5.24. The van der Waals surface area contributed by atoms with Crippen LogP contribution in [0, 0.1) is 5.92 Å². The zero-order valence-electron chi connectivity index (χ0n) is 9.86. The van der Waals surface area contributed by atoms with Gasteiger partial charge in [-0.05, 0) is 30.9 Å². The Morgan fingerprint density at radius 1 is 1.44 bits per heavy atom. The van der Waals surface area contributed by atoms with Gasteiger partial charge in [-0.1, -0.05) is 12.1 Å². The summed E-state index contributed by atoms with van der Waals surface area (Å²) in [6.07, 6.45) is 2.49. The van der Waals surface area contributed by atoms with Crippen LogP contribution in [0.15, 0.2) is 24.3 Å². The summed E-state index contributed by atoms with van der Waals surface area (Å²) in [5.74, 6) is 0.637. The highest BCUT2D eigenvalue weighted by atomic mass is 16.5. The van der Waals surface area contributed by atoms with Crippen LogP contribution in [0.25, 0.3) is 0 Å². The van der Waals surface area contributed by atoms with E-state index in [0.717, 1.165) is 25.4 Å². The molecule has 0 radical (unpaired) electrons. The molecule has 88 valence electrons. The van der Waals surface area contributed by atoms with E-state index < -0.39 is 0 Å². The maximum Gasteiger partial charge on any atom is 0.0600 e. The Bertz CT molecular complexity index is 338. The largest absolute Gasteiger partial charge is 0.397 e. The molecular formula is C13H20N2O. The lowest BCUT2D eigenvalue weighted by Crippen LogP contribution is -2.37. The van der Waals surface area contributed by atoms with E-state index in [2.05, 4.69) is 11.0 Å². The summed E-state index contributed by atoms with van der Waals surface area (Å²) in [6.45, 7) is 3.01. The average molecular weight is 220 g/mol. The smallest absolute Gasteiger partial charge is 0.0600 e. The second-order valence-electron chi connectivity index (χ2n) is 4.47. The van der Waals surface area contributed by atoms with E-state index in [1.54, 1.807) is 7.11 Å². The lowest BCUT2D eigenvalue weighted by Gasteiger charge is -2.34. The summed E-state index contributed by atoms with van der Waals surface area (Å²) in [4.78, 5) is 2.38. The number of nitrogens with two attached hydrogens (primary N) is 1. The second kappa shape index (κ2) is 5.21. The van der Waals surface area contributed by atoms with E-state index in [1.165, 1.54) is 18.5 Å². The molecule has 0 saturated carbocycles. The van der Waals surface area contributed by atoms with Crippen LogP contribution in [0.3, 0.4) is 0 Å². The number of benzene rings is 1. The highest BCUT2D eigenvalue weighted by Crippen LogP contribution is 2.27. The van der Waals surface area contributed by atoms with Gasteiger partial charge in [-0.15, -0.1) is 0 Å². The number of nitrogen functional groups attached to an aromatic ring is 1. The van der Waals surface area contributed by atoms with Crippen LogP contribution in [0.4, 0.5) is 11.4 Å². The number of ether oxygens (including phenoxy) is 1. The van der Waals surface area contributed by atoms with Crippen molar-refractivity contribution in [2.24, 2.45) is 5.92 Å². The van der Waals surface area contributed by atoms with Gasteiger partial charge in [-0.3, -0.25) is 0 Å². The zero-order chi connectivity index (χ0) is 11.4. The molecule has 0 unspecified atom stereocenters. The van der Waals surface area contributed by atoms with Gasteiger partial charge in [-0.2, -0.15) is 0 Å². The van der Waals surface area contributed by atoms with Gasteiger partial charge in [0.25, 0.3) is 0 Å². The molecule has 0 aromatic heterocycles. The minimum absolute atomic E-state index is 0.637. The molecule has 0 bridgehead atoms. The first-order valence-corrected chi connectivity index (χ1v) is 5.89. The minimum Gasteiger partial charge on any atom is -0.397 e. The topological polar surface area (TPSA) is 38.5 Å². The lowest BCUT2D eigenvalue weighted by molar-refractivity contribution is 0.143. The van der Waals surface area contributed by atoms with Crippen molar-refractivity contribution in [1.82, 2.24) is 0 Å². The zero-order valence-corrected chi connectivity index (χ0v) is 9.86. The van der Waals surface area contributed by atoms with Gasteiger partial charge in [0.2, 0.25) is 0 Å². The molecule has 1 aromatic carbocycles. The standard InChI is InChI=1S/C13H20N2O/c1-16-10-11-5-4-8-15(9-11)13-7-3-2-6-12(13)14/h2-3,6-7,11H,4-5,8-10,14H2,1H3/t11-/m0/s1. The maximum atomic E-state index is 6.00. The first kappa shape index (κ1) is 11.3. The number of hydrogen-bond donors (Lipinski definition) is 1. The van der Waals surface area contributed by atoms with E-state index in [-0.39, 0.29) is 0 Å². The van der Waals surface area contributed by atoms with Crippen molar-refractivity contribution in [3.05, 3.63) is 24.3 Å². The second-order valence-corrected chi connectivity index (χ2v) is 4.47. The molecule has 0 amide bonds. The number of para-hydroxylation sites is 2. The van der Waals surface area contributed by atoms with Crippen LogP contribution in [-0.4, -0.2) is 26.8 Å². The highest BCUT2D eigenvalue weighted by molar-refractivity contribution is 5.67. The number of nitrogens with zero attached hydrogens (tertiary/aromatic N) is 1. The molecule has 2 rings (SSSR count). The van der Waals surface area contributed by atoms with Crippen molar-refractivity contribution in [3.8, 4) is 0 Å². The van der Waals surface area contributed by atoms with E-state index in [1.807, 2.05) is 18.2 Å². The normalized spacial score (nSPS) is 21.1. The van der Waals surface area contributed by atoms with Crippen molar-refractivity contribution in [1.29, 1.82) is 0 Å². The van der Waals surface area contributed by atoms with E-state index in [4.69, 9.17) is 10.5 Å². The van der Waals surface area contributed by atoms with E-state index in [9.17, 15) is 0 Å². The van der Waals surface area contributed by atoms with Gasteiger partial charge in [-0.25, -0.2) is 0 Å². The van der Waals surface area contributed by atoms with Gasteiger partial charge in [0, 0.05) is 20.2 Å². The summed E-state index contributed by atoms with van der Waals surface area (Å²) in [7, 11) is 1.77. The molecule has 1 aliphatic rings. The molecule has 1 fully saturated rings. The molecule has 1 saturated heterocycles. The van der Waals surface area contributed by atoms with Gasteiger partial charge in [0.05, 0.1) is 18.0 Å². The van der Waals surface area contributed by atoms with Crippen LogP contribution < -0.4 is 10.6 Å². The number of anilines is 2. The van der Waals surface area contributed by atoms with Crippen molar-refractivity contribution in [3.63, 3.8) is 0 Å². The first-order valence-electron chi connectivity index (χ1n) is 5.89. The Hall–Kier alpha value is -1.22. The lowest BCUT2D eigenvalue weighted by atomic mass is 9.98. The third kappa shape index (κ3) is 2.47. The van der Waals surface area contributed by atoms with Gasteiger partial charge in [0.1, 0.15) is 0 Å². The van der Waals surface area contributed by atoms with Gasteiger partial charge < -0.3 is 15.4 Å². The molecule has 1 aromatic rings. The molecule has 1 atom stereocenters. The molecular weight excluding hydrogens is 200 g/mol. The summed E-state index contributed by atoms with van der Waals surface area (Å²) >= 11 is 0. The van der Waals surface area contributed by atoms with Crippen LogP contribution in [0.5, 0.6) is 0 Å². The van der Waals surface area contributed by atoms with Crippen LogP contribution in [0.1, 0.15) is 12.8 Å². The van der Waals surface area contributed by atoms with Crippen molar-refractivity contribution >= 4 is 11.4 Å². The van der Waals surface area contributed by atoms with E-state index in [0.29, 0.717) is 5.92 Å². The Balaban J connectivity index is 2.07. The fourth-order valence-electron chi connectivity index (χ4n) is 2.43. The average Bonchev–Trinajstić information content (AvgIpc) is 2.30. The number of piperidine rings is 1. The fraction of sp³-hybridized carbons (Fsp3) is 0.538. The first-order chi connectivity index (χ1) is 7.81. The SMILES string of the molecule is COC[C@H]1CCCN(c2ccccc2N)C1. The molecule has 3 heteroatoms. The van der Waals surface area contributed by atoms with Gasteiger partial charge >= 0.3 is 0 Å². The number of methoxy groups -OCH3 is 1. The summed E-state index contributed by atoms with van der Waals surface area (Å²) in [5, 5.41) is 0. The molecule has 1 aliphatic heterocycles. The maximum absolute atomic E-state index is 6.00. The summed E-state index contributed by atoms with van der Waals surface area (Å²) in [5.41, 5.74) is 8.04. The molecule has 3 nitrogen and oxygen atoms in total. The van der Waals surface area contributed by atoms with Crippen LogP contribution in [0.2, 0.25) is 0 Å². The number of hydrogen-bond acceptors (Lipinski definition) is 3. The Morgan fingerprint density at radius 2 is 2.25 bits per heavy atom. The third-order valence-corrected chi connectivity index (χ3v) is 3.20. The van der Waals surface area contributed by atoms with Crippen molar-refractivity contribution in [2.45, 2.75) is 12.8 Å². The molecule has 16 heavy (non-hydrogen) atoms. The molecule has 0 aliphatic carbocycles. The molecule has 0 spiro atoms. The fourth-order valence-corrected chi connectivity index (χ4v) is 2.43. The Labute approximate surface area is 97.2 Å². The van der Waals surface area contributed by atoms with Crippen LogP contribution in [-0.2, 0) is 4.74 Å². The van der Waals surface area contributed by atoms with Crippen molar-refractivity contribution in [2.75, 3.05) is 37.4 Å². The molecule has 1 heterocycles. The van der Waals surface area contributed by atoms with Crippen molar-refractivity contribution < 1.29 is 4.74 Å². The van der Waals surface area contributed by atoms with Gasteiger partial charge in [0.15, 0.2) is 0 Å². The monoisotopic (exact) mass is 220 g/mol. The Kier molecular flexibility index (Phi) is 3.67. The quantitative estimate of drug-likeness (QED) is 0.793. The Morgan fingerprint density at radius 3 is 3.00 bits per heavy atom. The minimum atomic E-state index is 0.637. The summed E-state index contributed by atoms with van der Waals surface area (Å²) in [6, 6.07) is 8.10. The molecule has 2 N–H and O–H groups in total. The third-order valence-electron chi connectivity index (χ3n) is 3.20. The van der Waals surface area contributed by atoms with Crippen LogP contribution >= 0.6 is 0 Å². The predicted molar refractivity (Wildman–Crippen MR) is 67.7 cm³/mol. The highest BCUT2D eigenvalue weighted by Gasteiger charge is 2.20. The van der Waals surface area contributed by atoms with E-state index >= 15 is 0 Å². The predicted octanol–water partition coefficient (Wildman–Crippen LogP) is 2.13.